The van der Waals surface area contributed by atoms with Crippen LogP contribution >= 0.6 is 0 Å². The van der Waals surface area contributed by atoms with Gasteiger partial charge in [-0.1, -0.05) is 35.9 Å². The molecular formula is C21H22N2O4. The van der Waals surface area contributed by atoms with Crippen molar-refractivity contribution in [3.05, 3.63) is 70.3 Å². The molecule has 6 nitrogen and oxygen atoms in total. The van der Waals surface area contributed by atoms with Crippen molar-refractivity contribution in [3.8, 4) is 0 Å². The Kier molecular flexibility index (Phi) is 5.66. The summed E-state index contributed by atoms with van der Waals surface area (Å²) >= 11 is 0. The number of nitrogens with zero attached hydrogens (tertiary/aromatic N) is 1. The zero-order valence-electron chi connectivity index (χ0n) is 15.5. The van der Waals surface area contributed by atoms with Crippen LogP contribution in [0.15, 0.2) is 42.5 Å². The van der Waals surface area contributed by atoms with E-state index in [4.69, 9.17) is 4.74 Å². The van der Waals surface area contributed by atoms with Crippen molar-refractivity contribution < 1.29 is 19.1 Å². The maximum Gasteiger partial charge on any atom is 0.261 e. The van der Waals surface area contributed by atoms with Gasteiger partial charge in [0.25, 0.3) is 11.8 Å². The Morgan fingerprint density at radius 2 is 1.67 bits per heavy atom. The van der Waals surface area contributed by atoms with Crippen molar-refractivity contribution in [1.82, 2.24) is 10.2 Å². The number of ether oxygens (including phenoxy) is 1. The van der Waals surface area contributed by atoms with Crippen LogP contribution in [0.25, 0.3) is 0 Å². The van der Waals surface area contributed by atoms with E-state index >= 15 is 0 Å². The standard InChI is InChI=1S/C21H22N2O4/c1-14-3-8-17-18(11-14)21(26)23(20(17)25)10-9-19(24)22-12-15-4-6-16(7-5-15)13-27-2/h3-8,11H,9-10,12-13H2,1-2H3,(H,22,24). The number of rotatable bonds is 7. The Morgan fingerprint density at radius 1 is 1.00 bits per heavy atom. The molecule has 0 unspecified atom stereocenters. The molecule has 0 radical (unpaired) electrons. The van der Waals surface area contributed by atoms with Gasteiger partial charge in [0.05, 0.1) is 17.7 Å². The van der Waals surface area contributed by atoms with Crippen LogP contribution in [-0.2, 0) is 22.7 Å². The molecule has 1 aliphatic heterocycles. The SMILES string of the molecule is COCc1ccc(CNC(=O)CCN2C(=O)c3ccc(C)cc3C2=O)cc1. The van der Waals surface area contributed by atoms with Crippen molar-refractivity contribution in [1.29, 1.82) is 0 Å². The van der Waals surface area contributed by atoms with Gasteiger partial charge in [-0.3, -0.25) is 19.3 Å². The molecule has 0 saturated heterocycles. The highest BCUT2D eigenvalue weighted by Gasteiger charge is 2.35. The second kappa shape index (κ2) is 8.14. The number of fused-ring (bicyclic) bond motifs is 1. The highest BCUT2D eigenvalue weighted by molar-refractivity contribution is 6.21. The van der Waals surface area contributed by atoms with Gasteiger partial charge in [0, 0.05) is 26.6 Å². The predicted octanol–water partition coefficient (Wildman–Crippen LogP) is 2.44. The van der Waals surface area contributed by atoms with Crippen LogP contribution in [0.4, 0.5) is 0 Å². The summed E-state index contributed by atoms with van der Waals surface area (Å²) in [4.78, 5) is 38.0. The molecule has 3 amide bonds. The summed E-state index contributed by atoms with van der Waals surface area (Å²) in [6.07, 6.45) is 0.0756. The molecule has 0 aromatic heterocycles. The number of nitrogens with one attached hydrogen (secondary N) is 1. The highest BCUT2D eigenvalue weighted by Crippen LogP contribution is 2.23. The Labute approximate surface area is 158 Å². The lowest BCUT2D eigenvalue weighted by molar-refractivity contribution is -0.121. The Morgan fingerprint density at radius 3 is 2.37 bits per heavy atom. The lowest BCUT2D eigenvalue weighted by Gasteiger charge is -2.13. The first-order valence-corrected chi connectivity index (χ1v) is 8.80. The normalized spacial score (nSPS) is 13.0. The van der Waals surface area contributed by atoms with Crippen molar-refractivity contribution in [3.63, 3.8) is 0 Å². The van der Waals surface area contributed by atoms with E-state index in [9.17, 15) is 14.4 Å². The van der Waals surface area contributed by atoms with Crippen LogP contribution in [0.1, 0.15) is 43.8 Å². The van der Waals surface area contributed by atoms with Crippen LogP contribution in [0.2, 0.25) is 0 Å². The smallest absolute Gasteiger partial charge is 0.261 e. The third-order valence-electron chi connectivity index (χ3n) is 4.51. The molecule has 1 aliphatic rings. The van der Waals surface area contributed by atoms with Crippen LogP contribution in [0.3, 0.4) is 0 Å². The first kappa shape index (κ1) is 18.8. The van der Waals surface area contributed by atoms with Crippen molar-refractivity contribution >= 4 is 17.7 Å². The molecule has 0 saturated carbocycles. The monoisotopic (exact) mass is 366 g/mol. The average Bonchev–Trinajstić information content (AvgIpc) is 2.89. The van der Waals surface area contributed by atoms with Gasteiger partial charge in [0.1, 0.15) is 0 Å². The first-order valence-electron chi connectivity index (χ1n) is 8.80. The summed E-state index contributed by atoms with van der Waals surface area (Å²) in [5.41, 5.74) is 3.78. The third kappa shape index (κ3) is 4.23. The number of aryl methyl sites for hydroxylation is 1. The lowest BCUT2D eigenvalue weighted by Crippen LogP contribution is -2.34. The van der Waals surface area contributed by atoms with Gasteiger partial charge in [-0.05, 0) is 30.2 Å². The number of imide groups is 1. The summed E-state index contributed by atoms with van der Waals surface area (Å²) in [6.45, 7) is 2.89. The summed E-state index contributed by atoms with van der Waals surface area (Å²) in [7, 11) is 1.64. The molecule has 3 rings (SSSR count). The summed E-state index contributed by atoms with van der Waals surface area (Å²) in [5.74, 6) is -0.875. The molecule has 0 bridgehead atoms. The highest BCUT2D eigenvalue weighted by atomic mass is 16.5. The molecule has 2 aromatic carbocycles. The van der Waals surface area contributed by atoms with Gasteiger partial charge in [0.2, 0.25) is 5.91 Å². The topological polar surface area (TPSA) is 75.7 Å². The molecule has 0 fully saturated rings. The minimum atomic E-state index is -0.337. The average molecular weight is 366 g/mol. The molecule has 1 N–H and O–H groups in total. The zero-order valence-corrected chi connectivity index (χ0v) is 15.5. The molecule has 2 aromatic rings. The van der Waals surface area contributed by atoms with Gasteiger partial charge in [0.15, 0.2) is 0 Å². The predicted molar refractivity (Wildman–Crippen MR) is 100 cm³/mol. The number of hydrogen-bond donors (Lipinski definition) is 1. The van der Waals surface area contributed by atoms with Gasteiger partial charge >= 0.3 is 0 Å². The fourth-order valence-corrected chi connectivity index (χ4v) is 3.03. The maximum absolute atomic E-state index is 12.4. The molecular weight excluding hydrogens is 344 g/mol. The van der Waals surface area contributed by atoms with Gasteiger partial charge in [-0.15, -0.1) is 0 Å². The number of carbonyl (C=O) groups is 3. The number of methoxy groups -OCH3 is 1. The quantitative estimate of drug-likeness (QED) is 0.764. The summed E-state index contributed by atoms with van der Waals surface area (Å²) in [5, 5.41) is 2.81. The third-order valence-corrected chi connectivity index (χ3v) is 4.51. The summed E-state index contributed by atoms with van der Waals surface area (Å²) < 4.78 is 5.06. The van der Waals surface area contributed by atoms with Crippen molar-refractivity contribution in [2.24, 2.45) is 0 Å². The zero-order chi connectivity index (χ0) is 19.4. The minimum absolute atomic E-state index is 0.0734. The van der Waals surface area contributed by atoms with Crippen LogP contribution in [0.5, 0.6) is 0 Å². The Bertz CT molecular complexity index is 874. The Hall–Kier alpha value is -2.99. The molecule has 0 atom stereocenters. The maximum atomic E-state index is 12.4. The van der Waals surface area contributed by atoms with E-state index < -0.39 is 0 Å². The fraction of sp³-hybridized carbons (Fsp3) is 0.286. The molecule has 6 heteroatoms. The molecule has 0 spiro atoms. The van der Waals surface area contributed by atoms with E-state index in [0.29, 0.717) is 24.3 Å². The van der Waals surface area contributed by atoms with Crippen molar-refractivity contribution in [2.75, 3.05) is 13.7 Å². The number of carbonyl (C=O) groups excluding carboxylic acids is 3. The van der Waals surface area contributed by atoms with Gasteiger partial charge in [-0.25, -0.2) is 0 Å². The number of amides is 3. The Balaban J connectivity index is 1.51. The van der Waals surface area contributed by atoms with Crippen molar-refractivity contribution in [2.45, 2.75) is 26.5 Å². The molecule has 0 aliphatic carbocycles. The lowest BCUT2D eigenvalue weighted by atomic mass is 10.1. The second-order valence-electron chi connectivity index (χ2n) is 6.59. The van der Waals surface area contributed by atoms with Crippen LogP contribution in [0, 0.1) is 6.92 Å². The van der Waals surface area contributed by atoms with E-state index in [1.165, 1.54) is 0 Å². The van der Waals surface area contributed by atoms with Crippen LogP contribution < -0.4 is 5.32 Å². The van der Waals surface area contributed by atoms with E-state index in [2.05, 4.69) is 5.32 Å². The van der Waals surface area contributed by atoms with Gasteiger partial charge < -0.3 is 10.1 Å². The van der Waals surface area contributed by atoms with E-state index in [-0.39, 0.29) is 30.7 Å². The van der Waals surface area contributed by atoms with E-state index in [1.807, 2.05) is 31.2 Å². The number of hydrogen-bond acceptors (Lipinski definition) is 4. The molecule has 1 heterocycles. The van der Waals surface area contributed by atoms with E-state index in [1.54, 1.807) is 25.3 Å². The van der Waals surface area contributed by atoms with Gasteiger partial charge in [-0.2, -0.15) is 0 Å². The summed E-state index contributed by atoms with van der Waals surface area (Å²) in [6, 6.07) is 12.9. The second-order valence-corrected chi connectivity index (χ2v) is 6.59. The fourth-order valence-electron chi connectivity index (χ4n) is 3.03. The molecule has 140 valence electrons. The molecule has 27 heavy (non-hydrogen) atoms. The van der Waals surface area contributed by atoms with E-state index in [0.717, 1.165) is 21.6 Å². The first-order chi connectivity index (χ1) is 13.0. The largest absolute Gasteiger partial charge is 0.380 e. The number of benzene rings is 2. The van der Waals surface area contributed by atoms with Crippen LogP contribution in [-0.4, -0.2) is 36.3 Å². The minimum Gasteiger partial charge on any atom is -0.380 e.